The van der Waals surface area contributed by atoms with Crippen LogP contribution < -0.4 is 10.1 Å². The predicted molar refractivity (Wildman–Crippen MR) is 142 cm³/mol. The fraction of sp³-hybridized carbons (Fsp3) is 0.621. The summed E-state index contributed by atoms with van der Waals surface area (Å²) in [4.78, 5) is 22.5. The molecule has 2 N–H and O–H groups in total. The van der Waals surface area contributed by atoms with Crippen LogP contribution in [0.5, 0.6) is 5.88 Å². The van der Waals surface area contributed by atoms with Gasteiger partial charge in [-0.05, 0) is 62.8 Å². The van der Waals surface area contributed by atoms with Gasteiger partial charge >= 0.3 is 5.97 Å². The first-order valence-electron chi connectivity index (χ1n) is 14.2. The van der Waals surface area contributed by atoms with Crippen molar-refractivity contribution in [3.05, 3.63) is 47.0 Å². The average molecular weight is 563 g/mol. The Hall–Kier alpha value is -2.92. The summed E-state index contributed by atoms with van der Waals surface area (Å²) in [6, 6.07) is 3.80. The molecule has 0 bridgehead atoms. The number of fused-ring (bicyclic) bond motifs is 1. The van der Waals surface area contributed by atoms with Gasteiger partial charge in [0, 0.05) is 56.6 Å². The van der Waals surface area contributed by atoms with Gasteiger partial charge < -0.3 is 19.9 Å². The van der Waals surface area contributed by atoms with E-state index >= 15 is 8.78 Å². The largest absolute Gasteiger partial charge is 0.480 e. The molecule has 2 aliphatic heterocycles. The molecule has 2 fully saturated rings. The van der Waals surface area contributed by atoms with Gasteiger partial charge in [-0.3, -0.25) is 9.69 Å². The summed E-state index contributed by atoms with van der Waals surface area (Å²) in [7, 11) is 1.60. The number of nitrogens with zero attached hydrogens (tertiary/aromatic N) is 3. The molecule has 40 heavy (non-hydrogen) atoms. The lowest BCUT2D eigenvalue weighted by Gasteiger charge is -2.35. The van der Waals surface area contributed by atoms with Crippen molar-refractivity contribution in [3.8, 4) is 5.88 Å². The van der Waals surface area contributed by atoms with Gasteiger partial charge in [0.25, 0.3) is 5.92 Å². The topological polar surface area (TPSA) is 96.8 Å². The number of aliphatic carboxylic acids is 1. The Bertz CT molecular complexity index is 1190. The molecule has 2 aromatic rings. The minimum absolute atomic E-state index is 0.0227. The van der Waals surface area contributed by atoms with Crippen molar-refractivity contribution in [2.75, 3.05) is 32.1 Å². The lowest BCUT2D eigenvalue weighted by Crippen LogP contribution is -2.40. The van der Waals surface area contributed by atoms with E-state index in [4.69, 9.17) is 9.47 Å². The molecule has 0 radical (unpaired) electrons. The number of nitrogens with one attached hydrogen (secondary N) is 1. The van der Waals surface area contributed by atoms with Crippen molar-refractivity contribution >= 4 is 11.8 Å². The molecule has 5 rings (SSSR count). The molecular formula is C29H37F3N4O4. The molecule has 218 valence electrons. The van der Waals surface area contributed by atoms with Crippen molar-refractivity contribution in [1.29, 1.82) is 0 Å². The first-order valence-corrected chi connectivity index (χ1v) is 14.2. The zero-order valence-corrected chi connectivity index (χ0v) is 22.8. The van der Waals surface area contributed by atoms with E-state index in [-0.39, 0.29) is 49.6 Å². The van der Waals surface area contributed by atoms with E-state index in [2.05, 4.69) is 21.4 Å². The number of likely N-dealkylation sites (tertiary alicyclic amines) is 1. The number of anilines is 1. The molecular weight excluding hydrogens is 525 g/mol. The second-order valence-electron chi connectivity index (χ2n) is 11.1. The maximum atomic E-state index is 15.3. The number of alkyl halides is 2. The van der Waals surface area contributed by atoms with Gasteiger partial charge in [-0.1, -0.05) is 6.07 Å². The van der Waals surface area contributed by atoms with Crippen LogP contribution in [0.25, 0.3) is 0 Å². The van der Waals surface area contributed by atoms with Gasteiger partial charge in [0.2, 0.25) is 5.88 Å². The second kappa shape index (κ2) is 12.3. The third-order valence-corrected chi connectivity index (χ3v) is 8.36. The van der Waals surface area contributed by atoms with E-state index in [1.54, 1.807) is 7.11 Å². The van der Waals surface area contributed by atoms with Crippen molar-refractivity contribution in [2.24, 2.45) is 5.92 Å². The molecule has 4 heterocycles. The van der Waals surface area contributed by atoms with Crippen molar-refractivity contribution < 1.29 is 32.5 Å². The Morgan fingerprint density at radius 2 is 2.10 bits per heavy atom. The zero-order chi connectivity index (χ0) is 28.3. The minimum Gasteiger partial charge on any atom is -0.480 e. The smallest absolute Gasteiger partial charge is 0.325 e. The number of pyridine rings is 2. The van der Waals surface area contributed by atoms with Crippen LogP contribution in [0.15, 0.2) is 24.4 Å². The Morgan fingerprint density at radius 1 is 1.27 bits per heavy atom. The van der Waals surface area contributed by atoms with Gasteiger partial charge in [-0.15, -0.1) is 0 Å². The van der Waals surface area contributed by atoms with Gasteiger partial charge in [0.1, 0.15) is 23.8 Å². The Labute approximate surface area is 232 Å². The Balaban J connectivity index is 1.18. The van der Waals surface area contributed by atoms with Crippen LogP contribution >= 0.6 is 0 Å². The number of carbonyl (C=O) groups is 1. The Kier molecular flexibility index (Phi) is 8.80. The lowest BCUT2D eigenvalue weighted by molar-refractivity contribution is -0.143. The average Bonchev–Trinajstić information content (AvgIpc) is 3.40. The second-order valence-corrected chi connectivity index (χ2v) is 11.1. The molecule has 1 saturated carbocycles. The fourth-order valence-corrected chi connectivity index (χ4v) is 5.93. The number of rotatable bonds is 12. The van der Waals surface area contributed by atoms with Crippen LogP contribution in [0, 0.1) is 11.7 Å². The summed E-state index contributed by atoms with van der Waals surface area (Å²) in [5.74, 6) is -4.96. The van der Waals surface area contributed by atoms with Crippen LogP contribution in [-0.4, -0.2) is 70.8 Å². The standard InChI is InChI=1S/C29H37F3N4O4/c1-39-22-14-23(15-22)40-27-24(13-20(30)16-34-27)25(28(37)38)36-12-9-19(17-36)29(31,32)10-3-2-6-21-8-7-18-5-4-11-33-26(18)35-21/h7-8,13,16,19,22-23,25H,2-6,9-12,14-15,17H2,1H3,(H,33,35)(H,37,38)/t19-,22-,23-,25?/m1/s1. The number of aryl methyl sites for hydroxylation is 2. The number of unbranched alkanes of at least 4 members (excludes halogenated alkanes) is 1. The van der Waals surface area contributed by atoms with Gasteiger partial charge in [0.15, 0.2) is 0 Å². The number of aromatic nitrogens is 2. The first kappa shape index (κ1) is 28.6. The third-order valence-electron chi connectivity index (χ3n) is 8.36. The molecule has 1 unspecified atom stereocenters. The summed E-state index contributed by atoms with van der Waals surface area (Å²) in [6.07, 6.45) is 5.57. The van der Waals surface area contributed by atoms with E-state index in [9.17, 15) is 14.3 Å². The van der Waals surface area contributed by atoms with Crippen molar-refractivity contribution in [1.82, 2.24) is 14.9 Å². The minimum atomic E-state index is -2.94. The molecule has 11 heteroatoms. The van der Waals surface area contributed by atoms with Crippen LogP contribution in [0.4, 0.5) is 19.0 Å². The molecule has 2 atom stereocenters. The van der Waals surface area contributed by atoms with Crippen molar-refractivity contribution in [2.45, 2.75) is 82.0 Å². The van der Waals surface area contributed by atoms with E-state index in [1.807, 2.05) is 6.07 Å². The highest BCUT2D eigenvalue weighted by atomic mass is 19.3. The highest BCUT2D eigenvalue weighted by Gasteiger charge is 2.46. The van der Waals surface area contributed by atoms with Crippen LogP contribution in [-0.2, 0) is 22.4 Å². The maximum absolute atomic E-state index is 15.3. The summed E-state index contributed by atoms with van der Waals surface area (Å²) < 4.78 is 55.8. The summed E-state index contributed by atoms with van der Waals surface area (Å²) in [6.45, 7) is 0.956. The van der Waals surface area contributed by atoms with Crippen LogP contribution in [0.3, 0.4) is 0 Å². The highest BCUT2D eigenvalue weighted by molar-refractivity contribution is 5.76. The number of hydrogen-bond donors (Lipinski definition) is 2. The lowest BCUT2D eigenvalue weighted by atomic mass is 9.92. The molecule has 0 aromatic carbocycles. The normalized spacial score (nSPS) is 23.6. The Morgan fingerprint density at radius 3 is 2.88 bits per heavy atom. The van der Waals surface area contributed by atoms with E-state index < -0.39 is 29.7 Å². The number of ether oxygens (including phenoxy) is 2. The third kappa shape index (κ3) is 6.52. The van der Waals surface area contributed by atoms with Crippen molar-refractivity contribution in [3.63, 3.8) is 0 Å². The highest BCUT2D eigenvalue weighted by Crippen LogP contribution is 2.41. The molecule has 1 saturated heterocycles. The van der Waals surface area contributed by atoms with Gasteiger partial charge in [-0.2, -0.15) is 0 Å². The van der Waals surface area contributed by atoms with Crippen LogP contribution in [0.1, 0.15) is 67.8 Å². The molecule has 1 aliphatic carbocycles. The number of carboxylic acids is 1. The number of halogens is 3. The maximum Gasteiger partial charge on any atom is 0.325 e. The first-order chi connectivity index (χ1) is 19.2. The SMILES string of the molecule is CO[C@H]1C[C@H](Oc2ncc(F)cc2C(C(=O)O)N2CC[C@@H](C(F)(F)CCCCc3ccc4c(n3)NCCC4)C2)C1. The quantitative estimate of drug-likeness (QED) is 0.348. The molecule has 0 amide bonds. The van der Waals surface area contributed by atoms with Crippen LogP contribution in [0.2, 0.25) is 0 Å². The fourth-order valence-electron chi connectivity index (χ4n) is 5.93. The van der Waals surface area contributed by atoms with Gasteiger partial charge in [-0.25, -0.2) is 23.1 Å². The monoisotopic (exact) mass is 562 g/mol. The molecule has 0 spiro atoms. The number of carboxylic acid groups (broad SMARTS) is 1. The van der Waals surface area contributed by atoms with E-state index in [0.29, 0.717) is 32.1 Å². The van der Waals surface area contributed by atoms with E-state index in [0.717, 1.165) is 43.2 Å². The number of hydrogen-bond acceptors (Lipinski definition) is 7. The van der Waals surface area contributed by atoms with E-state index in [1.165, 1.54) is 10.5 Å². The summed E-state index contributed by atoms with van der Waals surface area (Å²) in [5.41, 5.74) is 2.14. The molecule has 3 aliphatic rings. The number of methoxy groups -OCH3 is 1. The predicted octanol–water partition coefficient (Wildman–Crippen LogP) is 5.03. The summed E-state index contributed by atoms with van der Waals surface area (Å²) in [5, 5.41) is 13.4. The van der Waals surface area contributed by atoms with Gasteiger partial charge in [0.05, 0.1) is 12.3 Å². The molecule has 8 nitrogen and oxygen atoms in total. The molecule has 2 aromatic heterocycles. The zero-order valence-electron chi connectivity index (χ0n) is 22.8. The summed E-state index contributed by atoms with van der Waals surface area (Å²) >= 11 is 0.